The molecule has 0 aliphatic carbocycles. The number of hydrogen-bond acceptors (Lipinski definition) is 2. The average molecular weight is 194 g/mol. The third-order valence-electron chi connectivity index (χ3n) is 2.80. The third kappa shape index (κ3) is 2.36. The van der Waals surface area contributed by atoms with E-state index in [9.17, 15) is 0 Å². The molecule has 1 aliphatic rings. The summed E-state index contributed by atoms with van der Waals surface area (Å²) < 4.78 is 5.80. The monoisotopic (exact) mass is 194 g/mol. The van der Waals surface area contributed by atoms with Crippen molar-refractivity contribution in [1.82, 2.24) is 10.3 Å². The average Bonchev–Trinajstić information content (AvgIpc) is 2.87. The first kappa shape index (κ1) is 9.74. The van der Waals surface area contributed by atoms with Crippen LogP contribution in [-0.4, -0.2) is 24.7 Å². The summed E-state index contributed by atoms with van der Waals surface area (Å²) in [6, 6.07) is 4.07. The Balaban J connectivity index is 1.74. The zero-order chi connectivity index (χ0) is 9.80. The van der Waals surface area contributed by atoms with E-state index in [1.165, 1.54) is 6.42 Å². The molecular weight excluding hydrogens is 176 g/mol. The summed E-state index contributed by atoms with van der Waals surface area (Å²) in [5, 5.41) is 3.34. The van der Waals surface area contributed by atoms with Gasteiger partial charge in [0.1, 0.15) is 0 Å². The number of aromatic amines is 1. The molecule has 2 heterocycles. The van der Waals surface area contributed by atoms with Crippen molar-refractivity contribution in [3.8, 4) is 0 Å². The van der Waals surface area contributed by atoms with Crippen LogP contribution in [0.15, 0.2) is 18.3 Å². The van der Waals surface area contributed by atoms with Gasteiger partial charge in [-0.15, -0.1) is 0 Å². The predicted octanol–water partition coefficient (Wildman–Crippen LogP) is 1.70. The Morgan fingerprint density at radius 2 is 2.57 bits per heavy atom. The molecule has 2 atom stereocenters. The molecule has 3 nitrogen and oxygen atoms in total. The molecule has 2 N–H and O–H groups in total. The van der Waals surface area contributed by atoms with Gasteiger partial charge in [-0.1, -0.05) is 0 Å². The van der Waals surface area contributed by atoms with Crippen molar-refractivity contribution < 1.29 is 4.74 Å². The van der Waals surface area contributed by atoms with Gasteiger partial charge in [0.15, 0.2) is 0 Å². The van der Waals surface area contributed by atoms with Crippen molar-refractivity contribution >= 4 is 0 Å². The molecule has 1 aliphatic heterocycles. The normalized spacial score (nSPS) is 23.9. The number of hydrogen-bond donors (Lipinski definition) is 2. The molecule has 0 bridgehead atoms. The summed E-state index contributed by atoms with van der Waals surface area (Å²) in [6.45, 7) is 5.21. The van der Waals surface area contributed by atoms with Gasteiger partial charge in [0.05, 0.1) is 12.7 Å². The SMILES string of the molecule is C[C@@H](OC[C@H]1CCNC1)c1ccc[nH]1. The van der Waals surface area contributed by atoms with E-state index in [-0.39, 0.29) is 6.10 Å². The molecule has 0 aromatic carbocycles. The van der Waals surface area contributed by atoms with Crippen LogP contribution < -0.4 is 5.32 Å². The highest BCUT2D eigenvalue weighted by atomic mass is 16.5. The van der Waals surface area contributed by atoms with Crippen LogP contribution in [0.2, 0.25) is 0 Å². The van der Waals surface area contributed by atoms with E-state index in [1.54, 1.807) is 0 Å². The quantitative estimate of drug-likeness (QED) is 0.765. The second kappa shape index (κ2) is 4.62. The van der Waals surface area contributed by atoms with Gasteiger partial charge in [0.2, 0.25) is 0 Å². The second-order valence-corrected chi connectivity index (χ2v) is 3.96. The largest absolute Gasteiger partial charge is 0.372 e. The highest BCUT2D eigenvalue weighted by Crippen LogP contribution is 2.17. The molecular formula is C11H18N2O. The Labute approximate surface area is 84.9 Å². The van der Waals surface area contributed by atoms with Gasteiger partial charge in [-0.3, -0.25) is 0 Å². The van der Waals surface area contributed by atoms with Crippen molar-refractivity contribution in [2.75, 3.05) is 19.7 Å². The lowest BCUT2D eigenvalue weighted by Crippen LogP contribution is -2.15. The van der Waals surface area contributed by atoms with Crippen LogP contribution in [-0.2, 0) is 4.74 Å². The Bertz CT molecular complexity index is 252. The topological polar surface area (TPSA) is 37.0 Å². The first-order chi connectivity index (χ1) is 6.86. The number of H-pyrrole nitrogens is 1. The van der Waals surface area contributed by atoms with Crippen molar-refractivity contribution in [3.63, 3.8) is 0 Å². The first-order valence-corrected chi connectivity index (χ1v) is 5.32. The molecule has 14 heavy (non-hydrogen) atoms. The molecule has 0 radical (unpaired) electrons. The first-order valence-electron chi connectivity index (χ1n) is 5.32. The molecule has 0 amide bonds. The molecule has 0 saturated carbocycles. The molecule has 1 fully saturated rings. The summed E-state index contributed by atoms with van der Waals surface area (Å²) in [7, 11) is 0. The van der Waals surface area contributed by atoms with E-state index in [1.807, 2.05) is 12.3 Å². The van der Waals surface area contributed by atoms with E-state index in [0.29, 0.717) is 5.92 Å². The maximum Gasteiger partial charge on any atom is 0.0944 e. The molecule has 0 spiro atoms. The molecule has 3 heteroatoms. The van der Waals surface area contributed by atoms with Gasteiger partial charge in [0.25, 0.3) is 0 Å². The Kier molecular flexibility index (Phi) is 3.22. The molecule has 1 aromatic rings. The van der Waals surface area contributed by atoms with Crippen LogP contribution >= 0.6 is 0 Å². The van der Waals surface area contributed by atoms with E-state index in [4.69, 9.17) is 4.74 Å². The van der Waals surface area contributed by atoms with Gasteiger partial charge in [0, 0.05) is 18.4 Å². The van der Waals surface area contributed by atoms with Gasteiger partial charge >= 0.3 is 0 Å². The fraction of sp³-hybridized carbons (Fsp3) is 0.636. The lowest BCUT2D eigenvalue weighted by atomic mass is 10.1. The van der Waals surface area contributed by atoms with Crippen LogP contribution in [0.3, 0.4) is 0 Å². The fourth-order valence-electron chi connectivity index (χ4n) is 1.82. The minimum Gasteiger partial charge on any atom is -0.372 e. The molecule has 1 aromatic heterocycles. The summed E-state index contributed by atoms with van der Waals surface area (Å²) >= 11 is 0. The smallest absolute Gasteiger partial charge is 0.0944 e. The number of aromatic nitrogens is 1. The van der Waals surface area contributed by atoms with Crippen molar-refractivity contribution in [2.45, 2.75) is 19.4 Å². The third-order valence-corrected chi connectivity index (χ3v) is 2.80. The van der Waals surface area contributed by atoms with Crippen LogP contribution in [0.1, 0.15) is 25.1 Å². The Hall–Kier alpha value is -0.800. The molecule has 78 valence electrons. The van der Waals surface area contributed by atoms with Crippen LogP contribution in [0.25, 0.3) is 0 Å². The van der Waals surface area contributed by atoms with E-state index >= 15 is 0 Å². The summed E-state index contributed by atoms with van der Waals surface area (Å²) in [6.07, 6.45) is 3.37. The fourth-order valence-corrected chi connectivity index (χ4v) is 1.82. The maximum atomic E-state index is 5.80. The maximum absolute atomic E-state index is 5.80. The Morgan fingerprint density at radius 1 is 1.64 bits per heavy atom. The second-order valence-electron chi connectivity index (χ2n) is 3.96. The number of nitrogens with one attached hydrogen (secondary N) is 2. The van der Waals surface area contributed by atoms with Gasteiger partial charge < -0.3 is 15.0 Å². The minimum absolute atomic E-state index is 0.186. The minimum atomic E-state index is 0.186. The molecule has 1 saturated heterocycles. The van der Waals surface area contributed by atoms with E-state index in [0.717, 1.165) is 25.4 Å². The lowest BCUT2D eigenvalue weighted by molar-refractivity contribution is 0.0413. The summed E-state index contributed by atoms with van der Waals surface area (Å²) in [5.41, 5.74) is 1.16. The van der Waals surface area contributed by atoms with Crippen LogP contribution in [0, 0.1) is 5.92 Å². The van der Waals surface area contributed by atoms with Crippen LogP contribution in [0.5, 0.6) is 0 Å². The highest BCUT2D eigenvalue weighted by molar-refractivity contribution is 5.06. The van der Waals surface area contributed by atoms with Crippen molar-refractivity contribution in [3.05, 3.63) is 24.0 Å². The summed E-state index contributed by atoms with van der Waals surface area (Å²) in [4.78, 5) is 3.17. The van der Waals surface area contributed by atoms with Gasteiger partial charge in [-0.2, -0.15) is 0 Å². The van der Waals surface area contributed by atoms with E-state index < -0.39 is 0 Å². The number of ether oxygens (including phenoxy) is 1. The van der Waals surface area contributed by atoms with E-state index in [2.05, 4.69) is 23.3 Å². The van der Waals surface area contributed by atoms with Crippen LogP contribution in [0.4, 0.5) is 0 Å². The standard InChI is InChI=1S/C11H18N2O/c1-9(11-3-2-5-13-11)14-8-10-4-6-12-7-10/h2-3,5,9-10,12-13H,4,6-8H2,1H3/t9-,10+/m1/s1. The number of rotatable bonds is 4. The van der Waals surface area contributed by atoms with Crippen molar-refractivity contribution in [2.24, 2.45) is 5.92 Å². The summed E-state index contributed by atoms with van der Waals surface area (Å²) in [5.74, 6) is 0.701. The zero-order valence-corrected chi connectivity index (χ0v) is 8.62. The molecule has 2 rings (SSSR count). The Morgan fingerprint density at radius 3 is 3.21 bits per heavy atom. The zero-order valence-electron chi connectivity index (χ0n) is 8.62. The molecule has 0 unspecified atom stereocenters. The van der Waals surface area contributed by atoms with Gasteiger partial charge in [-0.25, -0.2) is 0 Å². The van der Waals surface area contributed by atoms with Gasteiger partial charge in [-0.05, 0) is 37.9 Å². The predicted molar refractivity (Wildman–Crippen MR) is 56.1 cm³/mol. The van der Waals surface area contributed by atoms with Crippen molar-refractivity contribution in [1.29, 1.82) is 0 Å². The highest BCUT2D eigenvalue weighted by Gasteiger charge is 2.16. The lowest BCUT2D eigenvalue weighted by Gasteiger charge is -2.14.